The lowest BCUT2D eigenvalue weighted by Gasteiger charge is -1.98. The third-order valence-electron chi connectivity index (χ3n) is 2.09. The Bertz CT molecular complexity index is 602. The van der Waals surface area contributed by atoms with Gasteiger partial charge in [0.2, 0.25) is 5.96 Å². The van der Waals surface area contributed by atoms with Gasteiger partial charge >= 0.3 is 0 Å². The van der Waals surface area contributed by atoms with Crippen LogP contribution in [0.4, 0.5) is 0 Å². The largest absolute Gasteiger partial charge is 0.369 e. The van der Waals surface area contributed by atoms with Crippen molar-refractivity contribution in [2.75, 3.05) is 0 Å². The molecule has 0 aliphatic heterocycles. The van der Waals surface area contributed by atoms with E-state index < -0.39 is 0 Å². The molecular formula is C11H10ClN5. The number of halogens is 1. The Morgan fingerprint density at radius 3 is 2.82 bits per heavy atom. The zero-order valence-corrected chi connectivity index (χ0v) is 9.59. The minimum atomic E-state index is -0.0736. The molecule has 0 amide bonds. The number of nitrogens with two attached hydrogens (primary N) is 2. The fourth-order valence-corrected chi connectivity index (χ4v) is 1.54. The summed E-state index contributed by atoms with van der Waals surface area (Å²) in [6.45, 7) is 0. The molecule has 6 heteroatoms. The number of nitrogens with zero attached hydrogens (tertiary/aromatic N) is 3. The van der Waals surface area contributed by atoms with E-state index in [4.69, 9.17) is 23.1 Å². The van der Waals surface area contributed by atoms with Gasteiger partial charge in [-0.3, -0.25) is 0 Å². The van der Waals surface area contributed by atoms with Crippen molar-refractivity contribution in [1.29, 1.82) is 0 Å². The molecule has 0 fully saturated rings. The maximum absolute atomic E-state index is 5.79. The van der Waals surface area contributed by atoms with Gasteiger partial charge in [-0.1, -0.05) is 23.7 Å². The molecule has 2 aromatic rings. The Balaban J connectivity index is 2.35. The summed E-state index contributed by atoms with van der Waals surface area (Å²) >= 11 is 5.79. The van der Waals surface area contributed by atoms with Gasteiger partial charge in [-0.05, 0) is 23.1 Å². The monoisotopic (exact) mass is 247 g/mol. The third-order valence-corrected chi connectivity index (χ3v) is 2.30. The summed E-state index contributed by atoms with van der Waals surface area (Å²) < 4.78 is 0. The number of aromatic nitrogens is 1. The zero-order valence-electron chi connectivity index (χ0n) is 8.84. The molecule has 1 aromatic carbocycles. The van der Waals surface area contributed by atoms with E-state index in [1.807, 2.05) is 18.2 Å². The molecule has 4 N–H and O–H groups in total. The number of rotatable bonds is 2. The maximum atomic E-state index is 5.79. The third kappa shape index (κ3) is 2.92. The molecule has 0 saturated heterocycles. The van der Waals surface area contributed by atoms with Gasteiger partial charge in [-0.15, -0.1) is 5.10 Å². The van der Waals surface area contributed by atoms with Gasteiger partial charge in [0.15, 0.2) is 0 Å². The number of hydrogen-bond donors (Lipinski definition) is 2. The zero-order chi connectivity index (χ0) is 12.3. The van der Waals surface area contributed by atoms with Gasteiger partial charge in [-0.25, -0.2) is 4.98 Å². The highest BCUT2D eigenvalue weighted by molar-refractivity contribution is 6.30. The minimum absolute atomic E-state index is 0.0736. The molecule has 17 heavy (non-hydrogen) atoms. The maximum Gasteiger partial charge on any atom is 0.211 e. The number of pyridine rings is 1. The van der Waals surface area contributed by atoms with Crippen LogP contribution in [-0.2, 0) is 0 Å². The Labute approximate surface area is 103 Å². The van der Waals surface area contributed by atoms with Crippen molar-refractivity contribution < 1.29 is 0 Å². The minimum Gasteiger partial charge on any atom is -0.369 e. The predicted molar refractivity (Wildman–Crippen MR) is 70.2 cm³/mol. The quantitative estimate of drug-likeness (QED) is 0.365. The number of fused-ring (bicyclic) bond motifs is 1. The lowest BCUT2D eigenvalue weighted by Crippen LogP contribution is -2.21. The molecule has 0 unspecified atom stereocenters. The molecule has 5 nitrogen and oxygen atoms in total. The predicted octanol–water partition coefficient (Wildman–Crippen LogP) is 1.50. The van der Waals surface area contributed by atoms with Crippen molar-refractivity contribution in [3.63, 3.8) is 0 Å². The van der Waals surface area contributed by atoms with Crippen LogP contribution >= 0.6 is 11.6 Å². The molecule has 2 rings (SSSR count). The van der Waals surface area contributed by atoms with E-state index in [2.05, 4.69) is 15.2 Å². The summed E-state index contributed by atoms with van der Waals surface area (Å²) in [5, 5.41) is 9.72. The van der Waals surface area contributed by atoms with Gasteiger partial charge < -0.3 is 11.5 Å². The van der Waals surface area contributed by atoms with Gasteiger partial charge in [0, 0.05) is 11.6 Å². The summed E-state index contributed by atoms with van der Waals surface area (Å²) in [5.74, 6) is -0.0736. The standard InChI is InChI=1S/C11H10ClN5/c12-10-4-8-2-1-7(3-9(8)6-15-10)5-16-17-11(13)14/h1-6H,(H4,13,14,17). The Morgan fingerprint density at radius 2 is 2.06 bits per heavy atom. The Kier molecular flexibility index (Phi) is 3.20. The summed E-state index contributed by atoms with van der Waals surface area (Å²) in [4.78, 5) is 4.01. The van der Waals surface area contributed by atoms with Gasteiger partial charge in [0.05, 0.1) is 6.21 Å². The van der Waals surface area contributed by atoms with Crippen LogP contribution in [0, 0.1) is 0 Å². The van der Waals surface area contributed by atoms with Crippen LogP contribution in [0.25, 0.3) is 10.8 Å². The van der Waals surface area contributed by atoms with E-state index in [-0.39, 0.29) is 5.96 Å². The molecule has 0 saturated carbocycles. The van der Waals surface area contributed by atoms with Crippen molar-refractivity contribution in [1.82, 2.24) is 4.98 Å². The van der Waals surface area contributed by atoms with Crippen molar-refractivity contribution >= 4 is 34.5 Å². The van der Waals surface area contributed by atoms with E-state index in [0.29, 0.717) is 5.15 Å². The molecule has 0 spiro atoms. The first-order valence-electron chi connectivity index (χ1n) is 4.82. The van der Waals surface area contributed by atoms with E-state index in [0.717, 1.165) is 16.3 Å². The molecule has 0 aliphatic rings. The summed E-state index contributed by atoms with van der Waals surface area (Å²) in [7, 11) is 0. The van der Waals surface area contributed by atoms with E-state index >= 15 is 0 Å². The van der Waals surface area contributed by atoms with Crippen LogP contribution in [0.15, 0.2) is 40.7 Å². The first-order chi connectivity index (χ1) is 8.15. The van der Waals surface area contributed by atoms with Crippen molar-refractivity contribution in [3.8, 4) is 0 Å². The SMILES string of the molecule is NC(N)=NN=Cc1ccc2cc(Cl)ncc2c1. The van der Waals surface area contributed by atoms with Gasteiger partial charge in [-0.2, -0.15) is 5.10 Å². The van der Waals surface area contributed by atoms with Crippen LogP contribution in [0.3, 0.4) is 0 Å². The summed E-state index contributed by atoms with van der Waals surface area (Å²) in [6, 6.07) is 7.54. The van der Waals surface area contributed by atoms with Crippen molar-refractivity contribution in [3.05, 3.63) is 41.2 Å². The highest BCUT2D eigenvalue weighted by atomic mass is 35.5. The number of benzene rings is 1. The highest BCUT2D eigenvalue weighted by Gasteiger charge is 1.96. The van der Waals surface area contributed by atoms with Gasteiger partial charge in [0.1, 0.15) is 5.15 Å². The molecule has 0 radical (unpaired) electrons. The fourth-order valence-electron chi connectivity index (χ4n) is 1.38. The summed E-state index contributed by atoms with van der Waals surface area (Å²) in [6.07, 6.45) is 3.27. The topological polar surface area (TPSA) is 89.7 Å². The number of guanidine groups is 1. The first-order valence-corrected chi connectivity index (χ1v) is 5.20. The van der Waals surface area contributed by atoms with E-state index in [1.54, 1.807) is 18.5 Å². The molecule has 86 valence electrons. The Morgan fingerprint density at radius 1 is 1.24 bits per heavy atom. The number of hydrogen-bond acceptors (Lipinski definition) is 3. The second-order valence-corrected chi connectivity index (χ2v) is 3.77. The van der Waals surface area contributed by atoms with Crippen molar-refractivity contribution in [2.45, 2.75) is 0 Å². The van der Waals surface area contributed by atoms with Crippen LogP contribution in [0.5, 0.6) is 0 Å². The van der Waals surface area contributed by atoms with E-state index in [9.17, 15) is 0 Å². The average Bonchev–Trinajstić information content (AvgIpc) is 2.29. The smallest absolute Gasteiger partial charge is 0.211 e. The molecule has 1 heterocycles. The first kappa shape index (κ1) is 11.3. The molecule has 0 bridgehead atoms. The molecule has 0 aliphatic carbocycles. The summed E-state index contributed by atoms with van der Waals surface area (Å²) in [5.41, 5.74) is 11.2. The lowest BCUT2D eigenvalue weighted by atomic mass is 10.1. The van der Waals surface area contributed by atoms with Crippen LogP contribution in [0.2, 0.25) is 5.15 Å². The highest BCUT2D eigenvalue weighted by Crippen LogP contribution is 2.17. The second-order valence-electron chi connectivity index (χ2n) is 3.38. The molecular weight excluding hydrogens is 238 g/mol. The lowest BCUT2D eigenvalue weighted by molar-refractivity contribution is 1.21. The van der Waals surface area contributed by atoms with Crippen LogP contribution in [0.1, 0.15) is 5.56 Å². The normalized spacial score (nSPS) is 10.9. The van der Waals surface area contributed by atoms with E-state index in [1.165, 1.54) is 0 Å². The Hall–Kier alpha value is -2.14. The van der Waals surface area contributed by atoms with Crippen LogP contribution < -0.4 is 11.5 Å². The van der Waals surface area contributed by atoms with Crippen molar-refractivity contribution in [2.24, 2.45) is 21.7 Å². The molecule has 1 aromatic heterocycles. The second kappa shape index (κ2) is 4.80. The van der Waals surface area contributed by atoms with Crippen LogP contribution in [-0.4, -0.2) is 17.2 Å². The van der Waals surface area contributed by atoms with Gasteiger partial charge in [0.25, 0.3) is 0 Å². The molecule has 0 atom stereocenters. The average molecular weight is 248 g/mol. The fraction of sp³-hybridized carbons (Fsp3) is 0.